The van der Waals surface area contributed by atoms with Crippen molar-refractivity contribution in [1.82, 2.24) is 10.2 Å². The summed E-state index contributed by atoms with van der Waals surface area (Å²) in [7, 11) is 6.24. The maximum absolute atomic E-state index is 3.56. The Morgan fingerprint density at radius 2 is 2.00 bits per heavy atom. The van der Waals surface area contributed by atoms with Gasteiger partial charge in [-0.2, -0.15) is 0 Å². The van der Waals surface area contributed by atoms with Gasteiger partial charge in [0.25, 0.3) is 0 Å². The Kier molecular flexibility index (Phi) is 6.83. The average Bonchev–Trinajstić information content (AvgIpc) is 2.32. The molecule has 0 radical (unpaired) electrons. The van der Waals surface area contributed by atoms with E-state index in [0.717, 1.165) is 24.1 Å². The molecule has 0 saturated heterocycles. The van der Waals surface area contributed by atoms with Gasteiger partial charge in [0.15, 0.2) is 0 Å². The van der Waals surface area contributed by atoms with E-state index >= 15 is 0 Å². The summed E-state index contributed by atoms with van der Waals surface area (Å²) in [5.74, 6) is 0. The van der Waals surface area contributed by atoms with Crippen LogP contribution in [0.15, 0.2) is 22.7 Å². The topological polar surface area (TPSA) is 18.5 Å². The Morgan fingerprint density at radius 1 is 1.32 bits per heavy atom. The molecule has 0 aliphatic rings. The van der Waals surface area contributed by atoms with Crippen molar-refractivity contribution in [2.24, 2.45) is 0 Å². The summed E-state index contributed by atoms with van der Waals surface area (Å²) in [5.41, 5.74) is 2.67. The molecule has 4 heteroatoms. The molecule has 0 spiro atoms. The van der Waals surface area contributed by atoms with Crippen molar-refractivity contribution in [3.63, 3.8) is 0 Å². The quantitative estimate of drug-likeness (QED) is 0.830. The molecule has 0 amide bonds. The van der Waals surface area contributed by atoms with Crippen LogP contribution in [0.25, 0.3) is 0 Å². The van der Waals surface area contributed by atoms with Gasteiger partial charge < -0.3 is 15.1 Å². The highest BCUT2D eigenvalue weighted by atomic mass is 79.9. The van der Waals surface area contributed by atoms with Crippen molar-refractivity contribution in [2.45, 2.75) is 26.4 Å². The molecule has 19 heavy (non-hydrogen) atoms. The number of rotatable bonds is 7. The lowest BCUT2D eigenvalue weighted by Crippen LogP contribution is -2.40. The zero-order chi connectivity index (χ0) is 14.4. The molecule has 0 fully saturated rings. The van der Waals surface area contributed by atoms with Crippen LogP contribution < -0.4 is 10.2 Å². The molecule has 1 unspecified atom stereocenters. The summed E-state index contributed by atoms with van der Waals surface area (Å²) in [4.78, 5) is 4.71. The Labute approximate surface area is 126 Å². The molecule has 0 bridgehead atoms. The number of halogens is 1. The second kappa shape index (κ2) is 7.88. The Hall–Kier alpha value is -0.580. The monoisotopic (exact) mass is 327 g/mol. The highest BCUT2D eigenvalue weighted by Crippen LogP contribution is 2.26. The molecular weight excluding hydrogens is 302 g/mol. The minimum Gasteiger partial charge on any atom is -0.368 e. The lowest BCUT2D eigenvalue weighted by atomic mass is 10.1. The molecule has 1 rings (SSSR count). The fourth-order valence-corrected chi connectivity index (χ4v) is 2.92. The van der Waals surface area contributed by atoms with Gasteiger partial charge in [-0.05, 0) is 58.8 Å². The zero-order valence-electron chi connectivity index (χ0n) is 12.7. The maximum Gasteiger partial charge on any atom is 0.0415 e. The van der Waals surface area contributed by atoms with Gasteiger partial charge in [0.2, 0.25) is 0 Å². The number of likely N-dealkylation sites (N-methyl/N-ethyl adjacent to an activating group) is 2. The van der Waals surface area contributed by atoms with E-state index in [1.807, 2.05) is 7.05 Å². The minimum atomic E-state index is 0.497. The standard InChI is InChI=1S/C15H26BrN3/c1-6-19(12(2)11-18(4)5)15-8-7-14(16)9-13(15)10-17-3/h7-9,12,17H,6,10-11H2,1-5H3. The van der Waals surface area contributed by atoms with E-state index in [-0.39, 0.29) is 0 Å². The predicted molar refractivity (Wildman–Crippen MR) is 87.9 cm³/mol. The molecule has 0 heterocycles. The molecule has 0 aliphatic carbocycles. The highest BCUT2D eigenvalue weighted by Gasteiger charge is 2.16. The number of hydrogen-bond donors (Lipinski definition) is 1. The van der Waals surface area contributed by atoms with E-state index in [1.54, 1.807) is 0 Å². The Bertz CT molecular complexity index is 393. The van der Waals surface area contributed by atoms with E-state index in [4.69, 9.17) is 0 Å². The number of anilines is 1. The van der Waals surface area contributed by atoms with Gasteiger partial charge in [-0.3, -0.25) is 0 Å². The van der Waals surface area contributed by atoms with Crippen LogP contribution >= 0.6 is 15.9 Å². The normalized spacial score (nSPS) is 12.8. The molecule has 108 valence electrons. The predicted octanol–water partition coefficient (Wildman–Crippen LogP) is 2.94. The second-order valence-electron chi connectivity index (χ2n) is 5.20. The zero-order valence-corrected chi connectivity index (χ0v) is 14.3. The van der Waals surface area contributed by atoms with E-state index < -0.39 is 0 Å². The Morgan fingerprint density at radius 3 is 2.53 bits per heavy atom. The summed E-state index contributed by atoms with van der Waals surface area (Å²) in [6.45, 7) is 7.47. The second-order valence-corrected chi connectivity index (χ2v) is 6.12. The highest BCUT2D eigenvalue weighted by molar-refractivity contribution is 9.10. The van der Waals surface area contributed by atoms with Gasteiger partial charge >= 0.3 is 0 Å². The van der Waals surface area contributed by atoms with E-state index in [0.29, 0.717) is 6.04 Å². The number of benzene rings is 1. The van der Waals surface area contributed by atoms with Gasteiger partial charge in [0, 0.05) is 35.8 Å². The van der Waals surface area contributed by atoms with Crippen LogP contribution in [0.1, 0.15) is 19.4 Å². The van der Waals surface area contributed by atoms with Crippen LogP contribution in [0.4, 0.5) is 5.69 Å². The lowest BCUT2D eigenvalue weighted by molar-refractivity contribution is 0.372. The van der Waals surface area contributed by atoms with Gasteiger partial charge in [0.05, 0.1) is 0 Å². The summed E-state index contributed by atoms with van der Waals surface area (Å²) >= 11 is 3.56. The van der Waals surface area contributed by atoms with E-state index in [9.17, 15) is 0 Å². The summed E-state index contributed by atoms with van der Waals surface area (Å²) in [5, 5.41) is 3.25. The van der Waals surface area contributed by atoms with Crippen molar-refractivity contribution in [1.29, 1.82) is 0 Å². The van der Waals surface area contributed by atoms with Crippen molar-refractivity contribution in [3.8, 4) is 0 Å². The van der Waals surface area contributed by atoms with Crippen LogP contribution in [-0.2, 0) is 6.54 Å². The van der Waals surface area contributed by atoms with Gasteiger partial charge in [0.1, 0.15) is 0 Å². The summed E-state index contributed by atoms with van der Waals surface area (Å²) in [6, 6.07) is 7.04. The van der Waals surface area contributed by atoms with Crippen molar-refractivity contribution >= 4 is 21.6 Å². The number of hydrogen-bond acceptors (Lipinski definition) is 3. The van der Waals surface area contributed by atoms with Crippen LogP contribution in [0.3, 0.4) is 0 Å². The van der Waals surface area contributed by atoms with Crippen LogP contribution in [0, 0.1) is 0 Å². The first-order chi connectivity index (χ1) is 8.99. The molecule has 0 saturated carbocycles. The molecule has 0 aromatic heterocycles. The van der Waals surface area contributed by atoms with Crippen molar-refractivity contribution in [2.75, 3.05) is 39.1 Å². The smallest absolute Gasteiger partial charge is 0.0415 e. The first-order valence-corrected chi connectivity index (χ1v) is 7.63. The maximum atomic E-state index is 3.56. The SMILES string of the molecule is CCN(c1ccc(Br)cc1CNC)C(C)CN(C)C. The Balaban J connectivity index is 3.02. The average molecular weight is 328 g/mol. The number of nitrogens with zero attached hydrogens (tertiary/aromatic N) is 2. The third-order valence-electron chi connectivity index (χ3n) is 3.22. The summed E-state index contributed by atoms with van der Waals surface area (Å²) in [6.07, 6.45) is 0. The first kappa shape index (κ1) is 16.5. The largest absolute Gasteiger partial charge is 0.368 e. The van der Waals surface area contributed by atoms with Crippen LogP contribution in [0.5, 0.6) is 0 Å². The van der Waals surface area contributed by atoms with Gasteiger partial charge in [-0.1, -0.05) is 15.9 Å². The minimum absolute atomic E-state index is 0.497. The fraction of sp³-hybridized carbons (Fsp3) is 0.600. The van der Waals surface area contributed by atoms with Crippen molar-refractivity contribution in [3.05, 3.63) is 28.2 Å². The molecule has 1 atom stereocenters. The fourth-order valence-electron chi connectivity index (χ4n) is 2.51. The van der Waals surface area contributed by atoms with Crippen LogP contribution in [-0.4, -0.2) is 45.2 Å². The lowest BCUT2D eigenvalue weighted by Gasteiger charge is -2.33. The van der Waals surface area contributed by atoms with Crippen LogP contribution in [0.2, 0.25) is 0 Å². The third kappa shape index (κ3) is 4.79. The summed E-state index contributed by atoms with van der Waals surface area (Å²) < 4.78 is 1.14. The molecule has 1 aromatic rings. The van der Waals surface area contributed by atoms with Gasteiger partial charge in [-0.25, -0.2) is 0 Å². The number of nitrogens with one attached hydrogen (secondary N) is 1. The molecule has 1 aromatic carbocycles. The third-order valence-corrected chi connectivity index (χ3v) is 3.71. The molecule has 3 nitrogen and oxygen atoms in total. The van der Waals surface area contributed by atoms with E-state index in [1.165, 1.54) is 11.3 Å². The van der Waals surface area contributed by atoms with Crippen molar-refractivity contribution < 1.29 is 0 Å². The molecular formula is C15H26BrN3. The molecule has 1 N–H and O–H groups in total. The first-order valence-electron chi connectivity index (χ1n) is 6.84. The van der Waals surface area contributed by atoms with E-state index in [2.05, 4.69) is 77.2 Å². The van der Waals surface area contributed by atoms with Gasteiger partial charge in [-0.15, -0.1) is 0 Å². The molecule has 0 aliphatic heterocycles.